The predicted molar refractivity (Wildman–Crippen MR) is 99.8 cm³/mol. The molecule has 27 heavy (non-hydrogen) atoms. The van der Waals surface area contributed by atoms with Gasteiger partial charge in [-0.1, -0.05) is 48.5 Å². The molecule has 1 aliphatic heterocycles. The number of fused-ring (bicyclic) bond motifs is 1. The fourth-order valence-electron chi connectivity index (χ4n) is 3.54. The van der Waals surface area contributed by atoms with E-state index in [1.807, 2.05) is 48.5 Å². The van der Waals surface area contributed by atoms with Crippen molar-refractivity contribution in [3.05, 3.63) is 60.2 Å². The molecule has 0 radical (unpaired) electrons. The zero-order valence-electron chi connectivity index (χ0n) is 14.7. The highest BCUT2D eigenvalue weighted by Gasteiger charge is 2.41. The average Bonchev–Trinajstić information content (AvgIpc) is 3.20. The number of rotatable bonds is 3. The van der Waals surface area contributed by atoms with E-state index in [2.05, 4.69) is 15.5 Å². The highest BCUT2D eigenvalue weighted by molar-refractivity contribution is 6.03. The van der Waals surface area contributed by atoms with Gasteiger partial charge in [0.15, 0.2) is 5.69 Å². The van der Waals surface area contributed by atoms with Gasteiger partial charge in [-0.3, -0.25) is 9.59 Å². The van der Waals surface area contributed by atoms with Gasteiger partial charge < -0.3 is 15.0 Å². The summed E-state index contributed by atoms with van der Waals surface area (Å²) in [7, 11) is 1.70. The van der Waals surface area contributed by atoms with Crippen LogP contribution in [0.5, 0.6) is 5.88 Å². The molecule has 7 heteroatoms. The zero-order chi connectivity index (χ0) is 19.0. The highest BCUT2D eigenvalue weighted by atomic mass is 16.3. The Bertz CT molecular complexity index is 1060. The van der Waals surface area contributed by atoms with Crippen LogP contribution >= 0.6 is 0 Å². The number of aryl methyl sites for hydroxylation is 1. The van der Waals surface area contributed by atoms with E-state index in [4.69, 9.17) is 0 Å². The molecule has 4 rings (SSSR count). The molecule has 136 valence electrons. The molecule has 0 bridgehead atoms. The lowest BCUT2D eigenvalue weighted by Gasteiger charge is -2.13. The molecule has 0 spiro atoms. The predicted octanol–water partition coefficient (Wildman–Crippen LogP) is 3.02. The van der Waals surface area contributed by atoms with Crippen LogP contribution in [0.1, 0.15) is 11.5 Å². The minimum atomic E-state index is -0.923. The summed E-state index contributed by atoms with van der Waals surface area (Å²) in [6, 6.07) is 16.7. The van der Waals surface area contributed by atoms with Crippen LogP contribution in [-0.2, 0) is 16.6 Å². The van der Waals surface area contributed by atoms with Crippen LogP contribution in [0.2, 0.25) is 0 Å². The normalized spacial score (nSPS) is 19.7. The van der Waals surface area contributed by atoms with Crippen molar-refractivity contribution in [1.29, 1.82) is 0 Å². The van der Waals surface area contributed by atoms with Crippen LogP contribution in [-0.4, -0.2) is 28.0 Å². The molecule has 2 N–H and O–H groups in total. The van der Waals surface area contributed by atoms with E-state index in [-0.39, 0.29) is 23.4 Å². The monoisotopic (exact) mass is 362 g/mol. The molecule has 0 unspecified atom stereocenters. The van der Waals surface area contributed by atoms with Crippen LogP contribution in [0.25, 0.3) is 10.9 Å². The number of azo groups is 1. The zero-order valence-corrected chi connectivity index (χ0v) is 14.7. The molecular weight excluding hydrogens is 344 g/mol. The summed E-state index contributed by atoms with van der Waals surface area (Å²) >= 11 is 0. The van der Waals surface area contributed by atoms with E-state index in [1.54, 1.807) is 17.7 Å². The van der Waals surface area contributed by atoms with Gasteiger partial charge in [0.1, 0.15) is 5.92 Å². The molecule has 3 aromatic rings. The Kier molecular flexibility index (Phi) is 4.19. The van der Waals surface area contributed by atoms with Gasteiger partial charge in [0.25, 0.3) is 5.91 Å². The molecule has 0 saturated carbocycles. The number of para-hydroxylation sites is 1. The fourth-order valence-corrected chi connectivity index (χ4v) is 3.54. The van der Waals surface area contributed by atoms with Gasteiger partial charge >= 0.3 is 0 Å². The minimum absolute atomic E-state index is 0.0803. The van der Waals surface area contributed by atoms with E-state index in [9.17, 15) is 14.7 Å². The number of aromatic nitrogens is 1. The van der Waals surface area contributed by atoms with Gasteiger partial charge in [-0.05, 0) is 11.6 Å². The SMILES string of the molecule is Cn1c(O)c(N=NC(=O)[C@@H]2C(=O)NC[C@H]2c2ccccc2)c2ccccc21. The van der Waals surface area contributed by atoms with E-state index >= 15 is 0 Å². The summed E-state index contributed by atoms with van der Waals surface area (Å²) in [5.41, 5.74) is 1.89. The van der Waals surface area contributed by atoms with E-state index in [0.717, 1.165) is 11.1 Å². The number of amides is 2. The Balaban J connectivity index is 1.66. The quantitative estimate of drug-likeness (QED) is 0.554. The van der Waals surface area contributed by atoms with Crippen molar-refractivity contribution in [2.75, 3.05) is 6.54 Å². The minimum Gasteiger partial charge on any atom is -0.493 e. The number of aromatic hydroxyl groups is 1. The van der Waals surface area contributed by atoms with Gasteiger partial charge in [-0.2, -0.15) is 0 Å². The smallest absolute Gasteiger partial charge is 0.277 e. The summed E-state index contributed by atoms with van der Waals surface area (Å²) in [5.74, 6) is -2.26. The number of hydrogen-bond donors (Lipinski definition) is 2. The summed E-state index contributed by atoms with van der Waals surface area (Å²) in [5, 5.41) is 21.5. The summed E-state index contributed by atoms with van der Waals surface area (Å²) < 4.78 is 1.57. The molecule has 1 saturated heterocycles. The topological polar surface area (TPSA) is 96.0 Å². The molecule has 0 aliphatic carbocycles. The molecule has 7 nitrogen and oxygen atoms in total. The number of nitrogens with one attached hydrogen (secondary N) is 1. The average molecular weight is 362 g/mol. The van der Waals surface area contributed by atoms with Gasteiger partial charge in [-0.25, -0.2) is 0 Å². The molecule has 2 heterocycles. The second-order valence-electron chi connectivity index (χ2n) is 6.53. The number of carbonyl (C=O) groups is 2. The number of carbonyl (C=O) groups excluding carboxylic acids is 2. The lowest BCUT2D eigenvalue weighted by molar-refractivity contribution is -0.131. The number of benzene rings is 2. The Morgan fingerprint density at radius 1 is 1.15 bits per heavy atom. The molecular formula is C20H18N4O3. The third-order valence-electron chi connectivity index (χ3n) is 4.97. The fraction of sp³-hybridized carbons (Fsp3) is 0.200. The van der Waals surface area contributed by atoms with Gasteiger partial charge in [0.2, 0.25) is 11.8 Å². The maximum atomic E-state index is 12.7. The van der Waals surface area contributed by atoms with Crippen molar-refractivity contribution in [2.45, 2.75) is 5.92 Å². The standard InChI is InChI=1S/C20H18N4O3/c1-24-15-10-6-5-9-13(15)17(20(24)27)22-23-19(26)16-14(11-21-18(16)25)12-7-3-2-4-8-12/h2-10,14,16,27H,11H2,1H3,(H,21,25)/t14-,16-/m0/s1. The van der Waals surface area contributed by atoms with Crippen LogP contribution < -0.4 is 5.32 Å². The van der Waals surface area contributed by atoms with E-state index in [1.165, 1.54) is 0 Å². The Morgan fingerprint density at radius 2 is 1.85 bits per heavy atom. The largest absolute Gasteiger partial charge is 0.493 e. The second kappa shape index (κ2) is 6.68. The van der Waals surface area contributed by atoms with Crippen molar-refractivity contribution >= 4 is 28.4 Å². The Labute approximate surface area is 155 Å². The van der Waals surface area contributed by atoms with Crippen LogP contribution in [0.15, 0.2) is 64.8 Å². The lowest BCUT2D eigenvalue weighted by Crippen LogP contribution is -2.25. The summed E-state index contributed by atoms with van der Waals surface area (Å²) in [4.78, 5) is 24.9. The second-order valence-corrected chi connectivity index (χ2v) is 6.53. The third kappa shape index (κ3) is 2.87. The first kappa shape index (κ1) is 17.0. The van der Waals surface area contributed by atoms with Crippen LogP contribution in [0.4, 0.5) is 5.69 Å². The van der Waals surface area contributed by atoms with Crippen molar-refractivity contribution in [3.8, 4) is 5.88 Å². The van der Waals surface area contributed by atoms with E-state index < -0.39 is 11.8 Å². The van der Waals surface area contributed by atoms with Crippen molar-refractivity contribution in [1.82, 2.24) is 9.88 Å². The van der Waals surface area contributed by atoms with Gasteiger partial charge in [0.05, 0.1) is 5.52 Å². The third-order valence-corrected chi connectivity index (χ3v) is 4.97. The maximum Gasteiger partial charge on any atom is 0.277 e. The first-order valence-electron chi connectivity index (χ1n) is 8.62. The number of hydrogen-bond acceptors (Lipinski definition) is 4. The van der Waals surface area contributed by atoms with Crippen molar-refractivity contribution in [3.63, 3.8) is 0 Å². The maximum absolute atomic E-state index is 12.7. The first-order chi connectivity index (χ1) is 13.1. The lowest BCUT2D eigenvalue weighted by atomic mass is 9.88. The van der Waals surface area contributed by atoms with Crippen molar-refractivity contribution < 1.29 is 14.7 Å². The molecule has 1 aromatic heterocycles. The van der Waals surface area contributed by atoms with Crippen molar-refractivity contribution in [2.24, 2.45) is 23.2 Å². The molecule has 2 amide bonds. The number of nitrogens with zero attached hydrogens (tertiary/aromatic N) is 3. The molecule has 1 aliphatic rings. The molecule has 1 fully saturated rings. The highest BCUT2D eigenvalue weighted by Crippen LogP contribution is 2.38. The van der Waals surface area contributed by atoms with Crippen LogP contribution in [0.3, 0.4) is 0 Å². The van der Waals surface area contributed by atoms with Crippen LogP contribution in [0, 0.1) is 5.92 Å². The summed E-state index contributed by atoms with van der Waals surface area (Å²) in [6.45, 7) is 0.383. The molecule has 2 aromatic carbocycles. The van der Waals surface area contributed by atoms with E-state index in [0.29, 0.717) is 11.9 Å². The Morgan fingerprint density at radius 3 is 2.63 bits per heavy atom. The Hall–Kier alpha value is -3.48. The van der Waals surface area contributed by atoms with Gasteiger partial charge in [0, 0.05) is 24.9 Å². The summed E-state index contributed by atoms with van der Waals surface area (Å²) in [6.07, 6.45) is 0. The van der Waals surface area contributed by atoms with Gasteiger partial charge in [-0.15, -0.1) is 10.2 Å². The molecule has 2 atom stereocenters. The first-order valence-corrected chi connectivity index (χ1v) is 8.62.